The minimum atomic E-state index is -3.65. The van der Waals surface area contributed by atoms with Gasteiger partial charge < -0.3 is 19.7 Å². The second-order valence-electron chi connectivity index (χ2n) is 9.15. The van der Waals surface area contributed by atoms with Crippen LogP contribution in [0.2, 0.25) is 0 Å². The zero-order chi connectivity index (χ0) is 23.2. The van der Waals surface area contributed by atoms with Crippen molar-refractivity contribution in [2.45, 2.75) is 42.2 Å². The van der Waals surface area contributed by atoms with Gasteiger partial charge in [-0.15, -0.1) is 0 Å². The van der Waals surface area contributed by atoms with Crippen molar-refractivity contribution in [1.82, 2.24) is 9.21 Å². The highest BCUT2D eigenvalue weighted by Gasteiger charge is 2.47. The van der Waals surface area contributed by atoms with Crippen LogP contribution in [0.5, 0.6) is 0 Å². The SMILES string of the molecule is O=C1COC2(CCN(S(=O)(=O)c3ccc(-c4cccc(B(O)O)c4)cc3)CC2)CN1C1CC1. The van der Waals surface area contributed by atoms with Crippen molar-refractivity contribution >= 4 is 28.5 Å². The van der Waals surface area contributed by atoms with Gasteiger partial charge in [0.15, 0.2) is 0 Å². The number of ether oxygens (including phenoxy) is 1. The zero-order valence-electron chi connectivity index (χ0n) is 18.3. The largest absolute Gasteiger partial charge is 0.488 e. The van der Waals surface area contributed by atoms with E-state index >= 15 is 0 Å². The van der Waals surface area contributed by atoms with E-state index in [9.17, 15) is 23.3 Å². The molecule has 1 saturated carbocycles. The number of rotatable bonds is 5. The summed E-state index contributed by atoms with van der Waals surface area (Å²) in [6, 6.07) is 13.8. The third kappa shape index (κ3) is 4.46. The van der Waals surface area contributed by atoms with E-state index < -0.39 is 22.7 Å². The monoisotopic (exact) mass is 470 g/mol. The van der Waals surface area contributed by atoms with Gasteiger partial charge in [-0.05, 0) is 54.4 Å². The Bertz CT molecular complexity index is 1140. The minimum absolute atomic E-state index is 0.0392. The Labute approximate surface area is 194 Å². The Morgan fingerprint density at radius 3 is 2.33 bits per heavy atom. The number of carbonyl (C=O) groups is 1. The molecule has 5 rings (SSSR count). The number of amides is 1. The van der Waals surface area contributed by atoms with Crippen molar-refractivity contribution in [3.8, 4) is 11.1 Å². The Balaban J connectivity index is 1.28. The lowest BCUT2D eigenvalue weighted by Crippen LogP contribution is -2.59. The second-order valence-corrected chi connectivity index (χ2v) is 11.1. The molecule has 2 saturated heterocycles. The first-order chi connectivity index (χ1) is 15.8. The molecule has 2 aromatic rings. The molecule has 8 nitrogen and oxygen atoms in total. The molecule has 2 aromatic carbocycles. The van der Waals surface area contributed by atoms with Crippen LogP contribution in [0.25, 0.3) is 11.1 Å². The molecule has 2 heterocycles. The first kappa shape index (κ1) is 22.6. The fourth-order valence-electron chi connectivity index (χ4n) is 4.74. The van der Waals surface area contributed by atoms with Crippen LogP contribution in [0.4, 0.5) is 0 Å². The Hall–Kier alpha value is -2.24. The van der Waals surface area contributed by atoms with Crippen LogP contribution < -0.4 is 5.46 Å². The number of carbonyl (C=O) groups excluding carboxylic acids is 1. The van der Waals surface area contributed by atoms with Crippen LogP contribution in [-0.4, -0.2) is 78.6 Å². The van der Waals surface area contributed by atoms with E-state index in [0.717, 1.165) is 24.0 Å². The van der Waals surface area contributed by atoms with Gasteiger partial charge in [-0.1, -0.05) is 36.4 Å². The number of hydrogen-bond acceptors (Lipinski definition) is 6. The van der Waals surface area contributed by atoms with E-state index in [1.54, 1.807) is 42.5 Å². The summed E-state index contributed by atoms with van der Waals surface area (Å²) >= 11 is 0. The maximum absolute atomic E-state index is 13.2. The Kier molecular flexibility index (Phi) is 5.82. The number of sulfonamides is 1. The van der Waals surface area contributed by atoms with Gasteiger partial charge in [-0.25, -0.2) is 8.42 Å². The highest BCUT2D eigenvalue weighted by Crippen LogP contribution is 2.37. The summed E-state index contributed by atoms with van der Waals surface area (Å²) in [5, 5.41) is 18.8. The third-order valence-electron chi connectivity index (χ3n) is 6.91. The maximum Gasteiger partial charge on any atom is 0.488 e. The van der Waals surface area contributed by atoms with Gasteiger partial charge in [0, 0.05) is 19.1 Å². The molecule has 3 fully saturated rings. The lowest BCUT2D eigenvalue weighted by molar-refractivity contribution is -0.170. The van der Waals surface area contributed by atoms with Crippen LogP contribution in [0, 0.1) is 0 Å². The van der Waals surface area contributed by atoms with Crippen molar-refractivity contribution in [3.63, 3.8) is 0 Å². The molecule has 0 radical (unpaired) electrons. The van der Waals surface area contributed by atoms with Gasteiger partial charge in [0.2, 0.25) is 15.9 Å². The summed E-state index contributed by atoms with van der Waals surface area (Å²) in [6.07, 6.45) is 3.22. The van der Waals surface area contributed by atoms with Crippen LogP contribution in [-0.2, 0) is 19.6 Å². The maximum atomic E-state index is 13.2. The van der Waals surface area contributed by atoms with Crippen LogP contribution in [0.3, 0.4) is 0 Å². The van der Waals surface area contributed by atoms with E-state index in [2.05, 4.69) is 0 Å². The molecule has 10 heteroatoms. The van der Waals surface area contributed by atoms with Crippen molar-refractivity contribution in [3.05, 3.63) is 48.5 Å². The molecule has 2 N–H and O–H groups in total. The molecule has 0 atom stereocenters. The van der Waals surface area contributed by atoms with Crippen LogP contribution >= 0.6 is 0 Å². The first-order valence-corrected chi connectivity index (χ1v) is 12.7. The molecule has 1 spiro atoms. The molecule has 0 bridgehead atoms. The summed E-state index contributed by atoms with van der Waals surface area (Å²) in [5.74, 6) is 0.0392. The lowest BCUT2D eigenvalue weighted by Gasteiger charge is -2.46. The third-order valence-corrected chi connectivity index (χ3v) is 8.83. The standard InChI is InChI=1S/C23H27BN2O6S/c27-22-15-32-23(16-26(22)20-6-7-20)10-12-25(13-11-23)33(30,31)21-8-4-17(5-9-21)18-2-1-3-19(14-18)24(28)29/h1-5,8-9,14,20,28-29H,6-7,10-13,15-16H2. The quantitative estimate of drug-likeness (QED) is 0.620. The van der Waals surface area contributed by atoms with E-state index in [-0.39, 0.29) is 17.4 Å². The van der Waals surface area contributed by atoms with Crippen molar-refractivity contribution < 1.29 is 28.0 Å². The highest BCUT2D eigenvalue weighted by molar-refractivity contribution is 7.89. The molecule has 0 aromatic heterocycles. The number of morpholine rings is 1. The molecule has 2 aliphatic heterocycles. The van der Waals surface area contributed by atoms with Crippen molar-refractivity contribution in [2.24, 2.45) is 0 Å². The number of hydrogen-bond donors (Lipinski definition) is 2. The smallest absolute Gasteiger partial charge is 0.423 e. The van der Waals surface area contributed by atoms with Crippen molar-refractivity contribution in [2.75, 3.05) is 26.2 Å². The predicted octanol–water partition coefficient (Wildman–Crippen LogP) is 0.578. The summed E-state index contributed by atoms with van der Waals surface area (Å²) < 4.78 is 33.9. The fraction of sp³-hybridized carbons (Fsp3) is 0.435. The minimum Gasteiger partial charge on any atom is -0.423 e. The molecule has 3 aliphatic rings. The van der Waals surface area contributed by atoms with Gasteiger partial charge in [-0.2, -0.15) is 4.31 Å². The molecule has 0 unspecified atom stereocenters. The lowest BCUT2D eigenvalue weighted by atomic mass is 9.79. The normalized spacial score (nSPS) is 21.4. The summed E-state index contributed by atoms with van der Waals surface area (Å²) in [6.45, 7) is 1.35. The van der Waals surface area contributed by atoms with Gasteiger partial charge >= 0.3 is 7.12 Å². The zero-order valence-corrected chi connectivity index (χ0v) is 19.1. The summed E-state index contributed by atoms with van der Waals surface area (Å²) in [4.78, 5) is 14.3. The van der Waals surface area contributed by atoms with Gasteiger partial charge in [0.25, 0.3) is 0 Å². The summed E-state index contributed by atoms with van der Waals surface area (Å²) in [5.41, 5.74) is 1.48. The second kappa shape index (κ2) is 8.52. The molecule has 174 valence electrons. The van der Waals surface area contributed by atoms with Crippen molar-refractivity contribution in [1.29, 1.82) is 0 Å². The Morgan fingerprint density at radius 1 is 1.00 bits per heavy atom. The summed E-state index contributed by atoms with van der Waals surface area (Å²) in [7, 11) is -5.21. The molecular weight excluding hydrogens is 443 g/mol. The molecule has 33 heavy (non-hydrogen) atoms. The average molecular weight is 470 g/mol. The fourth-order valence-corrected chi connectivity index (χ4v) is 6.19. The van der Waals surface area contributed by atoms with E-state index in [0.29, 0.717) is 44.0 Å². The van der Waals surface area contributed by atoms with Crippen LogP contribution in [0.15, 0.2) is 53.4 Å². The number of benzene rings is 2. The van der Waals surface area contributed by atoms with Crippen LogP contribution in [0.1, 0.15) is 25.7 Å². The van der Waals surface area contributed by atoms with E-state index in [4.69, 9.17) is 4.74 Å². The molecular formula is C23H27BN2O6S. The van der Waals surface area contributed by atoms with Gasteiger partial charge in [-0.3, -0.25) is 4.79 Å². The topological polar surface area (TPSA) is 107 Å². The van der Waals surface area contributed by atoms with Gasteiger partial charge in [0.1, 0.15) is 6.61 Å². The molecule has 1 aliphatic carbocycles. The first-order valence-electron chi connectivity index (χ1n) is 11.3. The number of piperidine rings is 1. The number of nitrogens with zero attached hydrogens (tertiary/aromatic N) is 2. The average Bonchev–Trinajstić information content (AvgIpc) is 3.67. The molecule has 1 amide bonds. The highest BCUT2D eigenvalue weighted by atomic mass is 32.2. The van der Waals surface area contributed by atoms with Gasteiger partial charge in [0.05, 0.1) is 17.0 Å². The van der Waals surface area contributed by atoms with E-state index in [1.165, 1.54) is 4.31 Å². The predicted molar refractivity (Wildman–Crippen MR) is 123 cm³/mol. The van der Waals surface area contributed by atoms with E-state index in [1.807, 2.05) is 11.0 Å². The Morgan fingerprint density at radius 2 is 1.70 bits per heavy atom.